The van der Waals surface area contributed by atoms with Crippen molar-refractivity contribution in [2.75, 3.05) is 7.11 Å². The van der Waals surface area contributed by atoms with E-state index < -0.39 is 29.1 Å². The quantitative estimate of drug-likeness (QED) is 0.876. The Balaban J connectivity index is 2.55. The molecule has 1 heterocycles. The summed E-state index contributed by atoms with van der Waals surface area (Å²) in [6, 6.07) is 6.95. The zero-order valence-electron chi connectivity index (χ0n) is 12.6. The zero-order valence-corrected chi connectivity index (χ0v) is 12.6. The van der Waals surface area contributed by atoms with Crippen LogP contribution in [0.2, 0.25) is 0 Å². The van der Waals surface area contributed by atoms with E-state index in [1.54, 1.807) is 5.32 Å². The van der Waals surface area contributed by atoms with Crippen LogP contribution < -0.4 is 15.4 Å². The maximum absolute atomic E-state index is 13.6. The van der Waals surface area contributed by atoms with Crippen molar-refractivity contribution in [3.8, 4) is 11.8 Å². The monoisotopic (exact) mass is 339 g/mol. The van der Waals surface area contributed by atoms with Gasteiger partial charge in [0.15, 0.2) is 0 Å². The molecule has 6 nitrogen and oxygen atoms in total. The predicted octanol–water partition coefficient (Wildman–Crippen LogP) is 1.65. The van der Waals surface area contributed by atoms with Gasteiger partial charge in [0, 0.05) is 5.70 Å². The third-order valence-electron chi connectivity index (χ3n) is 3.58. The van der Waals surface area contributed by atoms with Crippen molar-refractivity contribution in [2.24, 2.45) is 0 Å². The Hall–Kier alpha value is -3.02. The summed E-state index contributed by atoms with van der Waals surface area (Å²) in [6.45, 7) is 1.15. The number of benzene rings is 1. The largest absolute Gasteiger partial charge is 0.496 e. The molecule has 0 spiro atoms. The van der Waals surface area contributed by atoms with Crippen LogP contribution in [-0.2, 0) is 4.79 Å². The molecule has 2 N–H and O–H groups in total. The van der Waals surface area contributed by atoms with Gasteiger partial charge in [0.1, 0.15) is 5.75 Å². The smallest absolute Gasteiger partial charge is 0.425 e. The highest BCUT2D eigenvalue weighted by Gasteiger charge is 2.67. The number of allylic oxidation sites excluding steroid dienone is 1. The molecular weight excluding hydrogens is 327 g/mol. The number of hydrogen-bond acceptors (Lipinski definition) is 4. The van der Waals surface area contributed by atoms with Crippen molar-refractivity contribution in [1.82, 2.24) is 10.6 Å². The zero-order chi connectivity index (χ0) is 18.1. The second-order valence-corrected chi connectivity index (χ2v) is 4.97. The van der Waals surface area contributed by atoms with E-state index in [4.69, 9.17) is 10.00 Å². The molecule has 0 radical (unpaired) electrons. The van der Waals surface area contributed by atoms with Crippen LogP contribution >= 0.6 is 0 Å². The third-order valence-corrected chi connectivity index (χ3v) is 3.58. The van der Waals surface area contributed by atoms with E-state index in [-0.39, 0.29) is 17.0 Å². The number of methoxy groups -OCH3 is 1. The summed E-state index contributed by atoms with van der Waals surface area (Å²) in [6.07, 6.45) is -5.21. The van der Waals surface area contributed by atoms with E-state index >= 15 is 0 Å². The van der Waals surface area contributed by atoms with Crippen molar-refractivity contribution in [1.29, 1.82) is 5.26 Å². The highest BCUT2D eigenvalue weighted by Crippen LogP contribution is 2.41. The summed E-state index contributed by atoms with van der Waals surface area (Å²) in [5.41, 5.74) is -4.80. The summed E-state index contributed by atoms with van der Waals surface area (Å²) in [7, 11) is 1.25. The van der Waals surface area contributed by atoms with E-state index in [1.165, 1.54) is 37.4 Å². The van der Waals surface area contributed by atoms with Crippen LogP contribution in [0, 0.1) is 11.3 Å². The van der Waals surface area contributed by atoms with Crippen molar-refractivity contribution in [2.45, 2.75) is 18.6 Å². The van der Waals surface area contributed by atoms with E-state index in [0.29, 0.717) is 0 Å². The molecule has 126 valence electrons. The van der Waals surface area contributed by atoms with Crippen LogP contribution in [0.4, 0.5) is 13.2 Å². The van der Waals surface area contributed by atoms with Crippen molar-refractivity contribution >= 4 is 11.8 Å². The van der Waals surface area contributed by atoms with E-state index in [2.05, 4.69) is 0 Å². The maximum Gasteiger partial charge on any atom is 0.425 e. The van der Waals surface area contributed by atoms with Gasteiger partial charge in [-0.2, -0.15) is 18.4 Å². The highest BCUT2D eigenvalue weighted by atomic mass is 19.4. The van der Waals surface area contributed by atoms with Crippen LogP contribution in [0.3, 0.4) is 0 Å². The lowest BCUT2D eigenvalue weighted by molar-refractivity contribution is -0.184. The Kier molecular flexibility index (Phi) is 4.25. The third kappa shape index (κ3) is 2.46. The van der Waals surface area contributed by atoms with Crippen LogP contribution in [0.5, 0.6) is 5.75 Å². The summed E-state index contributed by atoms with van der Waals surface area (Å²) < 4.78 is 45.9. The fourth-order valence-corrected chi connectivity index (χ4v) is 2.42. The van der Waals surface area contributed by atoms with Crippen molar-refractivity contribution in [3.05, 3.63) is 41.1 Å². The second-order valence-electron chi connectivity index (χ2n) is 4.97. The number of nitrogens with zero attached hydrogens (tertiary/aromatic N) is 1. The van der Waals surface area contributed by atoms with Gasteiger partial charge in [0.2, 0.25) is 0 Å². The number of carbonyl (C=O) groups excluding carboxylic acids is 2. The first-order valence-corrected chi connectivity index (χ1v) is 6.64. The SMILES string of the molecule is COc1ccccc1C(=O)N[C@]1(C(F)(F)F)C(=O)NC(C)=C1C#N. The molecule has 0 fully saturated rings. The molecule has 1 aromatic carbocycles. The molecule has 0 aromatic heterocycles. The fourth-order valence-electron chi connectivity index (χ4n) is 2.42. The first-order chi connectivity index (χ1) is 11.2. The molecule has 0 unspecified atom stereocenters. The predicted molar refractivity (Wildman–Crippen MR) is 75.7 cm³/mol. The summed E-state index contributed by atoms with van der Waals surface area (Å²) >= 11 is 0. The average molecular weight is 339 g/mol. The molecule has 0 saturated heterocycles. The topological polar surface area (TPSA) is 91.2 Å². The minimum atomic E-state index is -5.21. The van der Waals surface area contributed by atoms with Crippen molar-refractivity contribution in [3.63, 3.8) is 0 Å². The van der Waals surface area contributed by atoms with E-state index in [9.17, 15) is 22.8 Å². The Morgan fingerprint density at radius 1 is 1.38 bits per heavy atom. The average Bonchev–Trinajstić information content (AvgIpc) is 2.77. The Morgan fingerprint density at radius 2 is 2.00 bits per heavy atom. The number of para-hydroxylation sites is 1. The molecular formula is C15H12F3N3O3. The molecule has 2 rings (SSSR count). The number of amides is 2. The van der Waals surface area contributed by atoms with Gasteiger partial charge < -0.3 is 15.4 Å². The van der Waals surface area contributed by atoms with Crippen LogP contribution in [0.15, 0.2) is 35.5 Å². The molecule has 1 aliphatic heterocycles. The van der Waals surface area contributed by atoms with Crippen LogP contribution in [0.25, 0.3) is 0 Å². The molecule has 24 heavy (non-hydrogen) atoms. The van der Waals surface area contributed by atoms with Gasteiger partial charge in [-0.1, -0.05) is 12.1 Å². The number of nitriles is 1. The molecule has 1 aromatic rings. The molecule has 1 aliphatic rings. The Morgan fingerprint density at radius 3 is 2.54 bits per heavy atom. The molecule has 0 bridgehead atoms. The Bertz CT molecular complexity index is 780. The number of hydrogen-bond donors (Lipinski definition) is 2. The van der Waals surface area contributed by atoms with E-state index in [1.807, 2.05) is 5.32 Å². The summed E-state index contributed by atoms with van der Waals surface area (Å²) in [4.78, 5) is 24.3. The summed E-state index contributed by atoms with van der Waals surface area (Å²) in [5.74, 6) is -2.69. The standard InChI is InChI=1S/C15H12F3N3O3/c1-8-10(7-19)14(13(23)20-8,15(16,17)18)21-12(22)9-5-3-4-6-11(9)24-2/h3-6H,1-2H3,(H,20,23)(H,21,22)/t14-/m0/s1. The van der Waals surface area contributed by atoms with Gasteiger partial charge in [-0.3, -0.25) is 9.59 Å². The lowest BCUT2D eigenvalue weighted by Gasteiger charge is -2.30. The summed E-state index contributed by atoms with van der Waals surface area (Å²) in [5, 5.41) is 12.7. The van der Waals surface area contributed by atoms with Crippen molar-refractivity contribution < 1.29 is 27.5 Å². The fraction of sp³-hybridized carbons (Fsp3) is 0.267. The number of ether oxygens (including phenoxy) is 1. The minimum absolute atomic E-state index is 0.0324. The number of carbonyl (C=O) groups is 2. The Labute approximate surface area is 134 Å². The first-order valence-electron chi connectivity index (χ1n) is 6.64. The number of nitrogens with one attached hydrogen (secondary N) is 2. The molecule has 2 amide bonds. The van der Waals surface area contributed by atoms with Gasteiger partial charge in [-0.25, -0.2) is 0 Å². The number of alkyl halides is 3. The molecule has 0 aliphatic carbocycles. The molecule has 9 heteroatoms. The first kappa shape index (κ1) is 17.3. The lowest BCUT2D eigenvalue weighted by Crippen LogP contribution is -2.64. The molecule has 0 saturated carbocycles. The number of rotatable bonds is 3. The normalized spacial score (nSPS) is 20.4. The number of halogens is 3. The van der Waals surface area contributed by atoms with E-state index in [0.717, 1.165) is 6.92 Å². The maximum atomic E-state index is 13.6. The minimum Gasteiger partial charge on any atom is -0.496 e. The van der Waals surface area contributed by atoms with Gasteiger partial charge in [0.05, 0.1) is 24.3 Å². The van der Waals surface area contributed by atoms with Gasteiger partial charge in [0.25, 0.3) is 17.4 Å². The highest BCUT2D eigenvalue weighted by molar-refractivity contribution is 6.05. The van der Waals surface area contributed by atoms with Gasteiger partial charge in [-0.15, -0.1) is 0 Å². The van der Waals surface area contributed by atoms with Gasteiger partial charge >= 0.3 is 6.18 Å². The van der Waals surface area contributed by atoms with Crippen LogP contribution in [0.1, 0.15) is 17.3 Å². The van der Waals surface area contributed by atoms with Crippen LogP contribution in [-0.4, -0.2) is 30.6 Å². The van der Waals surface area contributed by atoms with Gasteiger partial charge in [-0.05, 0) is 19.1 Å². The second kappa shape index (κ2) is 5.88. The molecule has 1 atom stereocenters. The lowest BCUT2D eigenvalue weighted by atomic mass is 9.89.